The number of nitrogens with one attached hydrogen (secondary N) is 1. The molecule has 0 unspecified atom stereocenters. The lowest BCUT2D eigenvalue weighted by Crippen LogP contribution is -2.36. The van der Waals surface area contributed by atoms with Crippen LogP contribution in [0.4, 0.5) is 4.39 Å². The number of hydrogen-bond donors (Lipinski definition) is 1. The van der Waals surface area contributed by atoms with Crippen molar-refractivity contribution in [3.8, 4) is 0 Å². The highest BCUT2D eigenvalue weighted by Gasteiger charge is 2.07. The molecule has 1 aromatic carbocycles. The molecule has 1 N–H and O–H groups in total. The van der Waals surface area contributed by atoms with E-state index in [9.17, 15) is 4.39 Å². The van der Waals surface area contributed by atoms with E-state index in [0.29, 0.717) is 5.02 Å². The fraction of sp³-hybridized carbons (Fsp3) is 0.571. The van der Waals surface area contributed by atoms with E-state index in [1.54, 1.807) is 6.07 Å². The van der Waals surface area contributed by atoms with Gasteiger partial charge in [-0.1, -0.05) is 17.7 Å². The molecule has 0 amide bonds. The molecule has 0 heterocycles. The highest BCUT2D eigenvalue weighted by molar-refractivity contribution is 6.31. The summed E-state index contributed by atoms with van der Waals surface area (Å²) in [6.45, 7) is 7.47. The van der Waals surface area contributed by atoms with Gasteiger partial charge >= 0.3 is 0 Å². The first kappa shape index (κ1) is 14.5. The molecule has 0 aromatic heterocycles. The molecule has 0 saturated heterocycles. The third kappa shape index (κ3) is 6.04. The van der Waals surface area contributed by atoms with E-state index in [4.69, 9.17) is 11.6 Å². The summed E-state index contributed by atoms with van der Waals surface area (Å²) in [5.41, 5.74) is 1.21. The van der Waals surface area contributed by atoms with Gasteiger partial charge in [0.25, 0.3) is 0 Å². The number of rotatable bonds is 5. The average molecular weight is 258 g/mol. The third-order valence-corrected chi connectivity index (χ3v) is 2.90. The Kier molecular flexibility index (Phi) is 5.41. The van der Waals surface area contributed by atoms with Crippen LogP contribution in [0.25, 0.3) is 0 Å². The van der Waals surface area contributed by atoms with Gasteiger partial charge in [0.05, 0.1) is 0 Å². The van der Waals surface area contributed by atoms with Gasteiger partial charge < -0.3 is 5.32 Å². The number of benzene rings is 1. The van der Waals surface area contributed by atoms with Crippen LogP contribution in [0.3, 0.4) is 0 Å². The van der Waals surface area contributed by atoms with Crippen molar-refractivity contribution in [2.75, 3.05) is 6.54 Å². The first-order chi connectivity index (χ1) is 7.88. The first-order valence-electron chi connectivity index (χ1n) is 6.07. The van der Waals surface area contributed by atoms with Crippen molar-refractivity contribution in [1.29, 1.82) is 0 Å². The Balaban J connectivity index is 2.27. The fourth-order valence-corrected chi connectivity index (χ4v) is 1.89. The molecule has 1 aromatic rings. The first-order valence-corrected chi connectivity index (χ1v) is 6.45. The maximum Gasteiger partial charge on any atom is 0.124 e. The molecule has 0 radical (unpaired) electrons. The SMILES string of the molecule is CC(C)(C)NCCCCc1ccc(F)cc1Cl. The summed E-state index contributed by atoms with van der Waals surface area (Å²) in [6.07, 6.45) is 3.07. The molecule has 17 heavy (non-hydrogen) atoms. The van der Waals surface area contributed by atoms with E-state index < -0.39 is 0 Å². The van der Waals surface area contributed by atoms with Crippen LogP contribution >= 0.6 is 11.6 Å². The van der Waals surface area contributed by atoms with Gasteiger partial charge in [-0.25, -0.2) is 4.39 Å². The van der Waals surface area contributed by atoms with Gasteiger partial charge in [-0.2, -0.15) is 0 Å². The smallest absolute Gasteiger partial charge is 0.124 e. The Bertz CT molecular complexity index is 358. The Labute approximate surface area is 108 Å². The van der Waals surface area contributed by atoms with Gasteiger partial charge in [-0.15, -0.1) is 0 Å². The molecule has 0 aliphatic carbocycles. The second kappa shape index (κ2) is 6.36. The van der Waals surface area contributed by atoms with Crippen molar-refractivity contribution in [2.45, 2.75) is 45.6 Å². The molecule has 1 nitrogen and oxygen atoms in total. The summed E-state index contributed by atoms with van der Waals surface area (Å²) < 4.78 is 12.8. The number of halogens is 2. The highest BCUT2D eigenvalue weighted by Crippen LogP contribution is 2.19. The quantitative estimate of drug-likeness (QED) is 0.780. The van der Waals surface area contributed by atoms with E-state index in [2.05, 4.69) is 26.1 Å². The van der Waals surface area contributed by atoms with Crippen molar-refractivity contribution in [2.24, 2.45) is 0 Å². The molecule has 0 aliphatic rings. The van der Waals surface area contributed by atoms with Crippen molar-refractivity contribution < 1.29 is 4.39 Å². The third-order valence-electron chi connectivity index (χ3n) is 2.54. The molecular weight excluding hydrogens is 237 g/mol. The second-order valence-corrected chi connectivity index (χ2v) is 5.78. The lowest BCUT2D eigenvalue weighted by Gasteiger charge is -2.20. The molecule has 0 aliphatic heterocycles. The fourth-order valence-electron chi connectivity index (χ4n) is 1.63. The molecule has 0 saturated carbocycles. The maximum atomic E-state index is 12.8. The van der Waals surface area contributed by atoms with Gasteiger partial charge in [0.1, 0.15) is 5.82 Å². The number of hydrogen-bond acceptors (Lipinski definition) is 1. The maximum absolute atomic E-state index is 12.8. The number of unbranched alkanes of at least 4 members (excludes halogenated alkanes) is 1. The predicted octanol–water partition coefficient (Wildman–Crippen LogP) is 4.19. The van der Waals surface area contributed by atoms with Crippen LogP contribution in [-0.4, -0.2) is 12.1 Å². The summed E-state index contributed by atoms with van der Waals surface area (Å²) in [5, 5.41) is 3.97. The molecule has 0 spiro atoms. The summed E-state index contributed by atoms with van der Waals surface area (Å²) in [4.78, 5) is 0. The van der Waals surface area contributed by atoms with Crippen molar-refractivity contribution >= 4 is 11.6 Å². The topological polar surface area (TPSA) is 12.0 Å². The van der Waals surface area contributed by atoms with Crippen LogP contribution in [-0.2, 0) is 6.42 Å². The van der Waals surface area contributed by atoms with Gasteiger partial charge in [-0.3, -0.25) is 0 Å². The summed E-state index contributed by atoms with van der Waals surface area (Å²) in [7, 11) is 0. The zero-order valence-electron chi connectivity index (χ0n) is 10.8. The minimum Gasteiger partial charge on any atom is -0.312 e. The molecule has 0 bridgehead atoms. The van der Waals surface area contributed by atoms with Crippen LogP contribution in [0.15, 0.2) is 18.2 Å². The van der Waals surface area contributed by atoms with E-state index in [1.807, 2.05) is 0 Å². The molecular formula is C14H21ClFN. The van der Waals surface area contributed by atoms with Crippen LogP contribution in [0.2, 0.25) is 5.02 Å². The van der Waals surface area contributed by atoms with Crippen molar-refractivity contribution in [1.82, 2.24) is 5.32 Å². The van der Waals surface area contributed by atoms with Crippen molar-refractivity contribution in [3.63, 3.8) is 0 Å². The monoisotopic (exact) mass is 257 g/mol. The van der Waals surface area contributed by atoms with E-state index in [0.717, 1.165) is 31.4 Å². The Morgan fingerprint density at radius 1 is 1.24 bits per heavy atom. The second-order valence-electron chi connectivity index (χ2n) is 5.37. The summed E-state index contributed by atoms with van der Waals surface area (Å²) >= 11 is 5.96. The predicted molar refractivity (Wildman–Crippen MR) is 72.1 cm³/mol. The molecule has 0 fully saturated rings. The van der Waals surface area contributed by atoms with Gasteiger partial charge in [0, 0.05) is 10.6 Å². The van der Waals surface area contributed by atoms with Gasteiger partial charge in [0.15, 0.2) is 0 Å². The van der Waals surface area contributed by atoms with E-state index in [1.165, 1.54) is 12.1 Å². The Morgan fingerprint density at radius 2 is 1.94 bits per heavy atom. The number of aryl methyl sites for hydroxylation is 1. The molecule has 0 atom stereocenters. The minimum atomic E-state index is -0.270. The van der Waals surface area contributed by atoms with Crippen LogP contribution < -0.4 is 5.32 Å². The van der Waals surface area contributed by atoms with Crippen LogP contribution in [0.1, 0.15) is 39.2 Å². The summed E-state index contributed by atoms with van der Waals surface area (Å²) in [5.74, 6) is -0.270. The average Bonchev–Trinajstić information content (AvgIpc) is 2.18. The van der Waals surface area contributed by atoms with Crippen LogP contribution in [0, 0.1) is 5.82 Å². The normalized spacial score (nSPS) is 11.8. The largest absolute Gasteiger partial charge is 0.312 e. The van der Waals surface area contributed by atoms with E-state index in [-0.39, 0.29) is 11.4 Å². The molecule has 1 rings (SSSR count). The Hall–Kier alpha value is -0.600. The van der Waals surface area contributed by atoms with Gasteiger partial charge in [-0.05, 0) is 64.3 Å². The van der Waals surface area contributed by atoms with Crippen LogP contribution in [0.5, 0.6) is 0 Å². The zero-order valence-corrected chi connectivity index (χ0v) is 11.6. The van der Waals surface area contributed by atoms with Crippen molar-refractivity contribution in [3.05, 3.63) is 34.6 Å². The minimum absolute atomic E-state index is 0.174. The molecule has 3 heteroatoms. The standard InChI is InChI=1S/C14H21ClFN/c1-14(2,3)17-9-5-4-6-11-7-8-12(16)10-13(11)15/h7-8,10,17H,4-6,9H2,1-3H3. The van der Waals surface area contributed by atoms with Gasteiger partial charge in [0.2, 0.25) is 0 Å². The highest BCUT2D eigenvalue weighted by atomic mass is 35.5. The lowest BCUT2D eigenvalue weighted by atomic mass is 10.1. The summed E-state index contributed by atoms with van der Waals surface area (Å²) in [6, 6.07) is 4.62. The van der Waals surface area contributed by atoms with E-state index >= 15 is 0 Å². The Morgan fingerprint density at radius 3 is 2.53 bits per heavy atom. The zero-order chi connectivity index (χ0) is 12.9. The lowest BCUT2D eigenvalue weighted by molar-refractivity contribution is 0.419. The molecule has 96 valence electrons.